The Balaban J connectivity index is 1.30. The summed E-state index contributed by atoms with van der Waals surface area (Å²) in [6.07, 6.45) is -2.97. The van der Waals surface area contributed by atoms with Crippen molar-refractivity contribution in [3.8, 4) is 5.75 Å². The van der Waals surface area contributed by atoms with E-state index in [-0.39, 0.29) is 24.3 Å². The molecule has 0 saturated heterocycles. The molecule has 0 spiro atoms. The number of nitrogen functional groups attached to an aromatic ring is 2. The van der Waals surface area contributed by atoms with Crippen molar-refractivity contribution in [1.29, 1.82) is 0 Å². The van der Waals surface area contributed by atoms with Gasteiger partial charge in [-0.2, -0.15) is 22.0 Å². The Morgan fingerprint density at radius 3 is 1.76 bits per heavy atom. The first-order valence-electron chi connectivity index (χ1n) is 16.0. The van der Waals surface area contributed by atoms with Crippen LogP contribution in [0.25, 0.3) is 6.08 Å². The lowest BCUT2D eigenvalue weighted by atomic mass is 9.79. The molecule has 0 aliphatic carbocycles. The molecule has 260 valence electrons. The smallest absolute Gasteiger partial charge is 0.426 e. The summed E-state index contributed by atoms with van der Waals surface area (Å²) < 4.78 is 77.3. The van der Waals surface area contributed by atoms with Crippen LogP contribution in [0.4, 0.5) is 33.3 Å². The summed E-state index contributed by atoms with van der Waals surface area (Å²) in [7, 11) is 0. The van der Waals surface area contributed by atoms with Gasteiger partial charge in [-0.25, -0.2) is 4.79 Å². The lowest BCUT2D eigenvalue weighted by molar-refractivity contribution is -0.185. The van der Waals surface area contributed by atoms with E-state index in [1.54, 1.807) is 12.1 Å². The summed E-state index contributed by atoms with van der Waals surface area (Å²) >= 11 is 0. The maximum atomic E-state index is 14.9. The molecule has 0 heterocycles. The monoisotopic (exact) mass is 680 g/mol. The van der Waals surface area contributed by atoms with E-state index < -0.39 is 30.1 Å². The van der Waals surface area contributed by atoms with E-state index in [2.05, 4.69) is 0 Å². The Morgan fingerprint density at radius 1 is 0.694 bits per heavy atom. The second-order valence-electron chi connectivity index (χ2n) is 12.6. The summed E-state index contributed by atoms with van der Waals surface area (Å²) in [5.41, 5.74) is 15.6. The van der Waals surface area contributed by atoms with Crippen LogP contribution in [-0.2, 0) is 34.9 Å². The highest BCUT2D eigenvalue weighted by molar-refractivity contribution is 5.87. The van der Waals surface area contributed by atoms with E-state index >= 15 is 0 Å². The summed E-state index contributed by atoms with van der Waals surface area (Å²) in [6, 6.07) is 26.5. The molecule has 0 bridgehead atoms. The first-order chi connectivity index (χ1) is 23.2. The molecule has 4 N–H and O–H groups in total. The minimum absolute atomic E-state index is 0.0441. The summed E-state index contributed by atoms with van der Waals surface area (Å²) in [5.74, 6) is -0.610. The lowest BCUT2D eigenvalue weighted by Crippen LogP contribution is -2.30. The summed E-state index contributed by atoms with van der Waals surface area (Å²) in [6.45, 7) is 2.18. The number of halogens is 5. The first kappa shape index (κ1) is 37.0. The number of rotatable bonds is 16. The molecule has 4 aromatic rings. The number of carbonyl (C=O) groups excluding carboxylic acids is 1. The largest absolute Gasteiger partial charge is 0.462 e. The topological polar surface area (TPSA) is 87.6 Å². The average Bonchev–Trinajstić information content (AvgIpc) is 3.05. The number of hydrogen-bond acceptors (Lipinski definition) is 5. The fraction of sp³-hybridized carbons (Fsp3) is 0.308. The number of benzene rings is 4. The molecule has 49 heavy (non-hydrogen) atoms. The van der Waals surface area contributed by atoms with Gasteiger partial charge in [-0.3, -0.25) is 0 Å². The van der Waals surface area contributed by atoms with Gasteiger partial charge in [-0.15, -0.1) is 0 Å². The Kier molecular flexibility index (Phi) is 12.4. The Bertz CT molecular complexity index is 1600. The molecule has 5 nitrogen and oxygen atoms in total. The van der Waals surface area contributed by atoms with Crippen molar-refractivity contribution in [2.24, 2.45) is 5.41 Å². The molecule has 0 aliphatic heterocycles. The molecule has 0 fully saturated rings. The maximum absolute atomic E-state index is 14.9. The van der Waals surface area contributed by atoms with Gasteiger partial charge in [0.05, 0.1) is 12.2 Å². The second-order valence-corrected chi connectivity index (χ2v) is 12.6. The fourth-order valence-electron chi connectivity index (χ4n) is 5.43. The van der Waals surface area contributed by atoms with Gasteiger partial charge < -0.3 is 20.9 Å². The highest BCUT2D eigenvalue weighted by Gasteiger charge is 2.34. The van der Waals surface area contributed by atoms with Gasteiger partial charge in [0.25, 0.3) is 0 Å². The third-order valence-electron chi connectivity index (χ3n) is 8.04. The van der Waals surface area contributed by atoms with E-state index in [0.29, 0.717) is 49.0 Å². The van der Waals surface area contributed by atoms with E-state index in [1.807, 2.05) is 55.5 Å². The summed E-state index contributed by atoms with van der Waals surface area (Å²) in [4.78, 5) is 12.7. The van der Waals surface area contributed by atoms with Crippen LogP contribution in [0.1, 0.15) is 60.4 Å². The zero-order valence-electron chi connectivity index (χ0n) is 27.3. The predicted molar refractivity (Wildman–Crippen MR) is 183 cm³/mol. The van der Waals surface area contributed by atoms with Crippen molar-refractivity contribution in [2.75, 3.05) is 18.1 Å². The van der Waals surface area contributed by atoms with Crippen molar-refractivity contribution in [3.05, 3.63) is 131 Å². The third-order valence-corrected chi connectivity index (χ3v) is 8.04. The van der Waals surface area contributed by atoms with Gasteiger partial charge in [0.2, 0.25) is 0 Å². The number of anilines is 2. The van der Waals surface area contributed by atoms with Crippen LogP contribution in [-0.4, -0.2) is 18.8 Å². The molecule has 0 radical (unpaired) electrons. The number of aryl methyl sites for hydroxylation is 1. The number of unbranched alkanes of at least 4 members (excludes halogenated alkanes) is 2. The Hall–Kier alpha value is -4.86. The van der Waals surface area contributed by atoms with Crippen molar-refractivity contribution in [1.82, 2.24) is 0 Å². The van der Waals surface area contributed by atoms with Gasteiger partial charge in [-0.05, 0) is 109 Å². The van der Waals surface area contributed by atoms with Gasteiger partial charge >= 0.3 is 18.3 Å². The summed E-state index contributed by atoms with van der Waals surface area (Å²) in [5, 5.41) is 0. The van der Waals surface area contributed by atoms with Crippen LogP contribution in [0.5, 0.6) is 5.75 Å². The molecule has 0 saturated carbocycles. The number of alkyl halides is 5. The molecular weight excluding hydrogens is 639 g/mol. The number of carbonyl (C=O) groups is 1. The molecule has 0 atom stereocenters. The maximum Gasteiger partial charge on any atom is 0.426 e. The van der Waals surface area contributed by atoms with Gasteiger partial charge in [-0.1, -0.05) is 61.9 Å². The molecule has 4 rings (SSSR count). The second kappa shape index (κ2) is 16.5. The van der Waals surface area contributed by atoms with E-state index in [0.717, 1.165) is 16.7 Å². The van der Waals surface area contributed by atoms with Crippen LogP contribution in [0.15, 0.2) is 103 Å². The highest BCUT2D eigenvalue weighted by Crippen LogP contribution is 2.33. The van der Waals surface area contributed by atoms with E-state index in [1.165, 1.54) is 48.6 Å². The average molecular weight is 681 g/mol. The molecule has 0 aliphatic rings. The molecular formula is C39H41F5N2O3. The van der Waals surface area contributed by atoms with Crippen molar-refractivity contribution < 1.29 is 36.2 Å². The van der Waals surface area contributed by atoms with E-state index in [9.17, 15) is 26.7 Å². The zero-order chi connectivity index (χ0) is 35.5. The quantitative estimate of drug-likeness (QED) is 0.0405. The van der Waals surface area contributed by atoms with Crippen LogP contribution >= 0.6 is 0 Å². The lowest BCUT2D eigenvalue weighted by Gasteiger charge is -2.29. The minimum Gasteiger partial charge on any atom is -0.462 e. The first-order valence-corrected chi connectivity index (χ1v) is 16.0. The van der Waals surface area contributed by atoms with Gasteiger partial charge in [0.15, 0.2) is 0 Å². The van der Waals surface area contributed by atoms with E-state index in [4.69, 9.17) is 20.9 Å². The number of hydrogen-bond donors (Lipinski definition) is 2. The van der Waals surface area contributed by atoms with Crippen molar-refractivity contribution in [2.45, 2.75) is 64.2 Å². The molecule has 10 heteroatoms. The zero-order valence-corrected chi connectivity index (χ0v) is 27.3. The Morgan fingerprint density at radius 2 is 1.22 bits per heavy atom. The van der Waals surface area contributed by atoms with Gasteiger partial charge in [0.1, 0.15) is 5.75 Å². The Labute approximate surface area is 283 Å². The number of ether oxygens (including phenoxy) is 2. The number of nitrogens with two attached hydrogens (primary N) is 2. The van der Waals surface area contributed by atoms with Crippen molar-refractivity contribution in [3.63, 3.8) is 0 Å². The van der Waals surface area contributed by atoms with Crippen LogP contribution in [0, 0.1) is 5.41 Å². The normalized spacial score (nSPS) is 12.3. The van der Waals surface area contributed by atoms with Gasteiger partial charge in [0, 0.05) is 29.3 Å². The molecule has 4 aromatic carbocycles. The standard InChI is InChI=1S/C39H41F5N2O3/c1-37(25-30-8-17-33(45)18-9-30,26-31-10-19-34(46)20-11-31)27-48-36(47)23-14-29-6-15-32(16-7-29)39(43,44)49-35-21-12-28(13-22-35)5-3-2-4-24-38(40,41)42/h6-23H,2-5,24-27,45-46H2,1H3/b23-14+. The predicted octanol–water partition coefficient (Wildman–Crippen LogP) is 9.69. The van der Waals surface area contributed by atoms with Crippen LogP contribution in [0.2, 0.25) is 0 Å². The third kappa shape index (κ3) is 12.6. The molecule has 0 unspecified atom stereocenters. The SMILES string of the molecule is CC(COC(=O)/C=C/c1ccc(C(F)(F)Oc2ccc(CCCCCC(F)(F)F)cc2)cc1)(Cc1ccc(N)cc1)Cc1ccc(N)cc1. The fourth-order valence-corrected chi connectivity index (χ4v) is 5.43. The molecule has 0 aromatic heterocycles. The molecule has 0 amide bonds. The van der Waals surface area contributed by atoms with Crippen molar-refractivity contribution >= 4 is 23.4 Å². The minimum atomic E-state index is -4.15. The number of esters is 1. The van der Waals surface area contributed by atoms with Crippen LogP contribution in [0.3, 0.4) is 0 Å². The van der Waals surface area contributed by atoms with Crippen LogP contribution < -0.4 is 16.2 Å². The highest BCUT2D eigenvalue weighted by atomic mass is 19.4.